The van der Waals surface area contributed by atoms with E-state index in [0.29, 0.717) is 5.56 Å². The number of halogens is 2. The van der Waals surface area contributed by atoms with Crippen molar-refractivity contribution in [1.29, 1.82) is 0 Å². The molecule has 1 N–H and O–H groups in total. The Morgan fingerprint density at radius 3 is 2.19 bits per heavy atom. The zero-order valence-electron chi connectivity index (χ0n) is 31.3. The van der Waals surface area contributed by atoms with Gasteiger partial charge in [0, 0.05) is 13.0 Å². The largest absolute Gasteiger partial charge is 0.444 e. The minimum atomic E-state index is -2.51. The highest BCUT2D eigenvalue weighted by atomic mass is 28.4. The van der Waals surface area contributed by atoms with E-state index in [1.165, 1.54) is 35.7 Å². The molecule has 2 amide bonds. The Labute approximate surface area is 289 Å². The molecule has 3 rings (SSSR count). The van der Waals surface area contributed by atoms with Crippen molar-refractivity contribution < 1.29 is 27.5 Å². The Kier molecular flexibility index (Phi) is 13.5. The van der Waals surface area contributed by atoms with Crippen molar-refractivity contribution in [2.24, 2.45) is 0 Å². The average molecular weight is 687 g/mol. The molecule has 0 aliphatic heterocycles. The van der Waals surface area contributed by atoms with Gasteiger partial charge < -0.3 is 14.5 Å². The molecule has 9 heteroatoms. The van der Waals surface area contributed by atoms with Crippen LogP contribution in [0.15, 0.2) is 30.3 Å². The Morgan fingerprint density at radius 2 is 1.65 bits per heavy atom. The molecule has 2 aromatic carbocycles. The van der Waals surface area contributed by atoms with Gasteiger partial charge in [0.1, 0.15) is 17.2 Å². The number of ether oxygens (including phenoxy) is 1. The number of fused-ring (bicyclic) bond motifs is 1. The number of carbonyl (C=O) groups excluding carboxylic acids is 2. The molecule has 0 unspecified atom stereocenters. The Hall–Kier alpha value is -2.78. The summed E-state index contributed by atoms with van der Waals surface area (Å²) in [6, 6.07) is 7.07. The fourth-order valence-corrected chi connectivity index (χ4v) is 7.69. The lowest BCUT2D eigenvalue weighted by molar-refractivity contribution is -0.120. The molecule has 1 aliphatic rings. The summed E-state index contributed by atoms with van der Waals surface area (Å²) < 4.78 is 41.9. The summed E-state index contributed by atoms with van der Waals surface area (Å²) in [6.45, 7) is 22.2. The van der Waals surface area contributed by atoms with Crippen LogP contribution in [0.5, 0.6) is 0 Å². The number of nitrogens with zero attached hydrogens (tertiary/aromatic N) is 1. The zero-order valence-corrected chi connectivity index (χ0v) is 32.3. The molecule has 0 fully saturated rings. The minimum Gasteiger partial charge on any atom is -0.444 e. The number of benzene rings is 2. The standard InChI is InChI=1S/C39H60F2N2O4Si/c1-12-14-16-29-19-27(13-2)22-33-32(29)17-15-18-35(33)43(37(45)46-38(4,5)6)25-36(47-48(10,11)39(7,8)9)34(42-26(3)44)23-28-20-30(40)24-31(41)21-28/h19-22,24,34-36H,12-18,23,25H2,1-11H3,(H,42,44)/t34-,35-,36+/m0/s1. The van der Waals surface area contributed by atoms with Crippen LogP contribution in [0.25, 0.3) is 0 Å². The van der Waals surface area contributed by atoms with Gasteiger partial charge in [-0.2, -0.15) is 0 Å². The number of carbonyl (C=O) groups is 2. The lowest BCUT2D eigenvalue weighted by Gasteiger charge is -2.45. The number of rotatable bonds is 13. The van der Waals surface area contributed by atoms with E-state index in [9.17, 15) is 18.4 Å². The van der Waals surface area contributed by atoms with Crippen LogP contribution in [0.2, 0.25) is 18.1 Å². The van der Waals surface area contributed by atoms with Crippen LogP contribution in [-0.4, -0.2) is 49.5 Å². The maximum Gasteiger partial charge on any atom is 0.410 e. The molecule has 268 valence electrons. The third-order valence-electron chi connectivity index (χ3n) is 9.76. The summed E-state index contributed by atoms with van der Waals surface area (Å²) in [5.74, 6) is -1.66. The molecule has 0 saturated carbocycles. The lowest BCUT2D eigenvalue weighted by atomic mass is 9.81. The summed E-state index contributed by atoms with van der Waals surface area (Å²) in [4.78, 5) is 28.9. The molecule has 2 aromatic rings. The normalized spacial score (nSPS) is 16.6. The van der Waals surface area contributed by atoms with Crippen molar-refractivity contribution in [3.63, 3.8) is 0 Å². The minimum absolute atomic E-state index is 0.123. The summed E-state index contributed by atoms with van der Waals surface area (Å²) >= 11 is 0. The maximum absolute atomic E-state index is 14.4. The summed E-state index contributed by atoms with van der Waals surface area (Å²) in [6.07, 6.45) is 5.72. The van der Waals surface area contributed by atoms with E-state index in [2.05, 4.69) is 65.2 Å². The number of nitrogens with one attached hydrogen (secondary N) is 1. The predicted octanol–water partition coefficient (Wildman–Crippen LogP) is 9.62. The molecule has 48 heavy (non-hydrogen) atoms. The van der Waals surface area contributed by atoms with Crippen molar-refractivity contribution in [2.75, 3.05) is 6.54 Å². The highest BCUT2D eigenvalue weighted by molar-refractivity contribution is 6.74. The number of amides is 2. The summed E-state index contributed by atoms with van der Waals surface area (Å²) in [7, 11) is -2.51. The molecule has 0 spiro atoms. The van der Waals surface area contributed by atoms with Gasteiger partial charge in [-0.25, -0.2) is 13.6 Å². The van der Waals surface area contributed by atoms with Crippen molar-refractivity contribution in [3.05, 3.63) is 69.8 Å². The highest BCUT2D eigenvalue weighted by Crippen LogP contribution is 2.41. The summed E-state index contributed by atoms with van der Waals surface area (Å²) in [5, 5.41) is 2.86. The first-order chi connectivity index (χ1) is 22.2. The van der Waals surface area contributed by atoms with Gasteiger partial charge in [0.2, 0.25) is 5.91 Å². The van der Waals surface area contributed by atoms with Gasteiger partial charge in [-0.15, -0.1) is 0 Å². The highest BCUT2D eigenvalue weighted by Gasteiger charge is 2.43. The Morgan fingerprint density at radius 1 is 1.00 bits per heavy atom. The predicted molar refractivity (Wildman–Crippen MR) is 193 cm³/mol. The quantitative estimate of drug-likeness (QED) is 0.213. The van der Waals surface area contributed by atoms with E-state index in [-0.39, 0.29) is 30.0 Å². The molecular formula is C39H60F2N2O4Si. The third-order valence-corrected chi connectivity index (χ3v) is 14.3. The Bertz CT molecular complexity index is 1400. The molecule has 0 bridgehead atoms. The SMILES string of the molecule is CCCCc1cc(CC)cc2c1CCC[C@@H]2N(C[C@@H](O[Si](C)(C)C(C)(C)C)[C@H](Cc1cc(F)cc(F)c1)NC(C)=O)C(=O)OC(C)(C)C. The van der Waals surface area contributed by atoms with Crippen molar-refractivity contribution in [1.82, 2.24) is 10.2 Å². The fraction of sp³-hybridized carbons (Fsp3) is 0.641. The topological polar surface area (TPSA) is 67.9 Å². The van der Waals surface area contributed by atoms with Crippen LogP contribution in [0.4, 0.5) is 13.6 Å². The average Bonchev–Trinajstić information content (AvgIpc) is 2.95. The second-order valence-corrected chi connectivity index (χ2v) is 20.8. The second-order valence-electron chi connectivity index (χ2n) is 16.0. The van der Waals surface area contributed by atoms with E-state index < -0.39 is 43.8 Å². The molecule has 6 nitrogen and oxygen atoms in total. The number of hydrogen-bond donors (Lipinski definition) is 1. The molecule has 3 atom stereocenters. The van der Waals surface area contributed by atoms with E-state index in [1.54, 1.807) is 0 Å². The van der Waals surface area contributed by atoms with E-state index in [0.717, 1.165) is 56.6 Å². The van der Waals surface area contributed by atoms with Crippen LogP contribution in [0.3, 0.4) is 0 Å². The van der Waals surface area contributed by atoms with E-state index in [1.807, 2.05) is 25.7 Å². The van der Waals surface area contributed by atoms with Gasteiger partial charge in [-0.05, 0) is 124 Å². The lowest BCUT2D eigenvalue weighted by Crippen LogP contribution is -2.57. The van der Waals surface area contributed by atoms with Crippen molar-refractivity contribution in [3.8, 4) is 0 Å². The molecular weight excluding hydrogens is 627 g/mol. The number of aryl methyl sites for hydroxylation is 2. The zero-order chi connectivity index (χ0) is 36.0. The first-order valence-corrected chi connectivity index (χ1v) is 20.7. The van der Waals surface area contributed by atoms with Gasteiger partial charge >= 0.3 is 6.09 Å². The van der Waals surface area contributed by atoms with Crippen LogP contribution in [0.1, 0.15) is 122 Å². The molecule has 0 saturated heterocycles. The van der Waals surface area contributed by atoms with Crippen LogP contribution >= 0.6 is 0 Å². The van der Waals surface area contributed by atoms with Crippen LogP contribution in [0, 0.1) is 11.6 Å². The molecule has 0 aromatic heterocycles. The Balaban J connectivity index is 2.21. The van der Waals surface area contributed by atoms with Gasteiger partial charge in [0.25, 0.3) is 0 Å². The molecule has 1 aliphatic carbocycles. The van der Waals surface area contributed by atoms with Gasteiger partial charge in [-0.3, -0.25) is 9.69 Å². The summed E-state index contributed by atoms with van der Waals surface area (Å²) in [5.41, 5.74) is 4.74. The number of unbranched alkanes of at least 4 members (excludes halogenated alkanes) is 1. The van der Waals surface area contributed by atoms with E-state index in [4.69, 9.17) is 9.16 Å². The van der Waals surface area contributed by atoms with Gasteiger partial charge in [0.15, 0.2) is 8.32 Å². The maximum atomic E-state index is 14.4. The van der Waals surface area contributed by atoms with Gasteiger partial charge in [0.05, 0.1) is 24.7 Å². The molecule has 0 heterocycles. The second kappa shape index (κ2) is 16.3. The monoisotopic (exact) mass is 686 g/mol. The van der Waals surface area contributed by atoms with Crippen molar-refractivity contribution in [2.45, 2.75) is 156 Å². The van der Waals surface area contributed by atoms with Crippen LogP contribution < -0.4 is 5.32 Å². The molecule has 0 radical (unpaired) electrons. The third kappa shape index (κ3) is 10.9. The van der Waals surface area contributed by atoms with Gasteiger partial charge in [-0.1, -0.05) is 53.2 Å². The first-order valence-electron chi connectivity index (χ1n) is 17.8. The smallest absolute Gasteiger partial charge is 0.410 e. The van der Waals surface area contributed by atoms with E-state index >= 15 is 0 Å². The fourth-order valence-electron chi connectivity index (χ4n) is 6.34. The first kappa shape index (κ1) is 39.7. The van der Waals surface area contributed by atoms with Crippen molar-refractivity contribution >= 4 is 20.3 Å². The number of hydrogen-bond acceptors (Lipinski definition) is 4. The van der Waals surface area contributed by atoms with Crippen LogP contribution in [-0.2, 0) is 39.6 Å².